The molecule has 0 aliphatic rings. The molecule has 0 bridgehead atoms. The highest BCUT2D eigenvalue weighted by Crippen LogP contribution is 2.38. The first-order valence-corrected chi connectivity index (χ1v) is 7.94. The van der Waals surface area contributed by atoms with E-state index in [1.165, 1.54) is 18.2 Å². The third-order valence-electron chi connectivity index (χ3n) is 3.67. The number of hydrogen-bond acceptors (Lipinski definition) is 2. The molecule has 0 N–H and O–H groups in total. The first-order valence-electron chi connectivity index (χ1n) is 7.94. The van der Waals surface area contributed by atoms with Crippen molar-refractivity contribution in [2.45, 2.75) is 12.3 Å². The van der Waals surface area contributed by atoms with Crippen LogP contribution in [0.15, 0.2) is 72.8 Å². The highest BCUT2D eigenvalue weighted by molar-refractivity contribution is 5.71. The van der Waals surface area contributed by atoms with E-state index in [0.717, 1.165) is 12.1 Å². The zero-order valence-electron chi connectivity index (χ0n) is 14.0. The summed E-state index contributed by atoms with van der Waals surface area (Å²) in [5.41, 5.74) is 1.10. The molecule has 0 aliphatic heterocycles. The van der Waals surface area contributed by atoms with E-state index in [0.29, 0.717) is 16.9 Å². The maximum absolute atomic E-state index is 12.9. The fourth-order valence-electron chi connectivity index (χ4n) is 2.35. The van der Waals surface area contributed by atoms with Crippen molar-refractivity contribution < 1.29 is 36.5 Å². The monoisotopic (exact) mass is 395 g/mol. The van der Waals surface area contributed by atoms with E-state index in [9.17, 15) is 27.1 Å². The lowest BCUT2D eigenvalue weighted by atomic mass is 10.0. The molecular formula is C20H12F5O3. The number of benzene rings is 3. The zero-order valence-corrected chi connectivity index (χ0v) is 14.0. The van der Waals surface area contributed by atoms with Gasteiger partial charge in [-0.1, -0.05) is 30.3 Å². The fourth-order valence-corrected chi connectivity index (χ4v) is 2.35. The van der Waals surface area contributed by atoms with E-state index in [-0.39, 0.29) is 11.5 Å². The van der Waals surface area contributed by atoms with Gasteiger partial charge in [0.2, 0.25) is 0 Å². The summed E-state index contributed by atoms with van der Waals surface area (Å²) in [6.45, 7) is 0. The average Bonchev–Trinajstić information content (AvgIpc) is 2.63. The summed E-state index contributed by atoms with van der Waals surface area (Å²) in [6, 6.07) is 17.3. The van der Waals surface area contributed by atoms with Crippen molar-refractivity contribution in [3.63, 3.8) is 0 Å². The van der Waals surface area contributed by atoms with Gasteiger partial charge in [0.05, 0.1) is 0 Å². The van der Waals surface area contributed by atoms with Gasteiger partial charge in [0.15, 0.2) is 5.75 Å². The number of rotatable bonds is 5. The molecule has 0 heterocycles. The van der Waals surface area contributed by atoms with Crippen LogP contribution >= 0.6 is 0 Å². The van der Waals surface area contributed by atoms with Crippen LogP contribution in [0.5, 0.6) is 23.0 Å². The predicted octanol–water partition coefficient (Wildman–Crippen LogP) is 6.82. The van der Waals surface area contributed by atoms with Gasteiger partial charge in [-0.2, -0.15) is 22.0 Å². The summed E-state index contributed by atoms with van der Waals surface area (Å²) in [6.07, 6.45) is -11.1. The third-order valence-corrected chi connectivity index (χ3v) is 3.67. The van der Waals surface area contributed by atoms with Crippen molar-refractivity contribution in [1.82, 2.24) is 0 Å². The lowest BCUT2D eigenvalue weighted by Gasteiger charge is -2.20. The van der Waals surface area contributed by atoms with E-state index >= 15 is 0 Å². The molecule has 0 amide bonds. The van der Waals surface area contributed by atoms with Gasteiger partial charge in [0, 0.05) is 5.56 Å². The molecular weight excluding hydrogens is 383 g/mol. The molecule has 8 heteroatoms. The number of alkyl halides is 5. The van der Waals surface area contributed by atoms with Crippen LogP contribution in [-0.2, 0) is 5.11 Å². The summed E-state index contributed by atoms with van der Waals surface area (Å²) < 4.78 is 71.6. The molecule has 1 radical (unpaired) electrons. The van der Waals surface area contributed by atoms with Crippen LogP contribution in [-0.4, -0.2) is 12.3 Å². The smallest absolute Gasteiger partial charge is 0.457 e. The standard InChI is InChI=1S/C20H12F5O3/c21-19(22,23)20(24,25)28-15-10-8-14(9-11-15)27-16-5-3-4-13(12-16)17-6-1-2-7-18(17)26/h1-12H. The quantitative estimate of drug-likeness (QED) is 0.445. The summed E-state index contributed by atoms with van der Waals surface area (Å²) in [4.78, 5) is 0. The Morgan fingerprint density at radius 2 is 1.32 bits per heavy atom. The molecule has 0 atom stereocenters. The van der Waals surface area contributed by atoms with E-state index in [4.69, 9.17) is 4.74 Å². The Bertz CT molecular complexity index is 953. The van der Waals surface area contributed by atoms with Crippen LogP contribution in [0.2, 0.25) is 0 Å². The molecule has 0 aromatic heterocycles. The van der Waals surface area contributed by atoms with E-state index in [1.54, 1.807) is 42.5 Å². The first-order chi connectivity index (χ1) is 13.2. The molecule has 0 fully saturated rings. The van der Waals surface area contributed by atoms with E-state index in [1.807, 2.05) is 0 Å². The maximum Gasteiger partial charge on any atom is 0.499 e. The molecule has 145 valence electrons. The summed E-state index contributed by atoms with van der Waals surface area (Å²) in [5.74, 6) is -0.277. The number of para-hydroxylation sites is 1. The Morgan fingerprint density at radius 1 is 0.679 bits per heavy atom. The lowest BCUT2D eigenvalue weighted by Crippen LogP contribution is -2.41. The summed E-state index contributed by atoms with van der Waals surface area (Å²) >= 11 is 0. The Kier molecular flexibility index (Phi) is 5.13. The first kappa shape index (κ1) is 19.5. The Morgan fingerprint density at radius 3 is 1.96 bits per heavy atom. The Hall–Kier alpha value is -3.29. The van der Waals surface area contributed by atoms with E-state index in [2.05, 4.69) is 4.74 Å². The predicted molar refractivity (Wildman–Crippen MR) is 90.2 cm³/mol. The van der Waals surface area contributed by atoms with Crippen LogP contribution in [0.3, 0.4) is 0 Å². The second kappa shape index (κ2) is 7.38. The van der Waals surface area contributed by atoms with E-state index < -0.39 is 18.0 Å². The van der Waals surface area contributed by atoms with Gasteiger partial charge in [0.25, 0.3) is 0 Å². The van der Waals surface area contributed by atoms with Gasteiger partial charge in [-0.05, 0) is 48.0 Å². The molecule has 3 nitrogen and oxygen atoms in total. The van der Waals surface area contributed by atoms with Crippen molar-refractivity contribution >= 4 is 0 Å². The summed E-state index contributed by atoms with van der Waals surface area (Å²) in [5, 5.41) is 11.9. The maximum atomic E-state index is 12.9. The van der Waals surface area contributed by atoms with Gasteiger partial charge in [-0.3, -0.25) is 5.11 Å². The van der Waals surface area contributed by atoms with Crippen LogP contribution in [0.1, 0.15) is 0 Å². The van der Waals surface area contributed by atoms with Crippen molar-refractivity contribution in [2.75, 3.05) is 0 Å². The molecule has 0 unspecified atom stereocenters. The van der Waals surface area contributed by atoms with Gasteiger partial charge in [-0.25, -0.2) is 0 Å². The Labute approximate surface area is 156 Å². The van der Waals surface area contributed by atoms with Gasteiger partial charge >= 0.3 is 12.3 Å². The molecule has 3 aromatic rings. The van der Waals surface area contributed by atoms with Crippen LogP contribution in [0.25, 0.3) is 11.1 Å². The lowest BCUT2D eigenvalue weighted by molar-refractivity contribution is -0.360. The van der Waals surface area contributed by atoms with Crippen molar-refractivity contribution in [2.24, 2.45) is 0 Å². The molecule has 0 aliphatic carbocycles. The highest BCUT2D eigenvalue weighted by atomic mass is 19.4. The molecule has 0 saturated heterocycles. The normalized spacial score (nSPS) is 11.9. The fraction of sp³-hybridized carbons (Fsp3) is 0.100. The second-order valence-electron chi connectivity index (χ2n) is 5.71. The van der Waals surface area contributed by atoms with Gasteiger partial charge in [0.1, 0.15) is 17.2 Å². The molecule has 0 saturated carbocycles. The zero-order chi connectivity index (χ0) is 20.4. The highest BCUT2D eigenvalue weighted by Gasteiger charge is 2.61. The van der Waals surface area contributed by atoms with Crippen LogP contribution in [0.4, 0.5) is 22.0 Å². The summed E-state index contributed by atoms with van der Waals surface area (Å²) in [7, 11) is 0. The minimum Gasteiger partial charge on any atom is -0.457 e. The largest absolute Gasteiger partial charge is 0.499 e. The minimum atomic E-state index is -5.82. The Balaban J connectivity index is 1.75. The average molecular weight is 395 g/mol. The van der Waals surface area contributed by atoms with Crippen LogP contribution in [0, 0.1) is 0 Å². The van der Waals surface area contributed by atoms with Crippen LogP contribution < -0.4 is 9.47 Å². The molecule has 3 aromatic carbocycles. The number of ether oxygens (including phenoxy) is 2. The second-order valence-corrected chi connectivity index (χ2v) is 5.71. The minimum absolute atomic E-state index is 0.160. The van der Waals surface area contributed by atoms with Gasteiger partial charge < -0.3 is 9.47 Å². The molecule has 3 rings (SSSR count). The number of halogens is 5. The van der Waals surface area contributed by atoms with Crippen molar-refractivity contribution in [3.05, 3.63) is 72.8 Å². The van der Waals surface area contributed by atoms with Crippen molar-refractivity contribution in [3.8, 4) is 34.1 Å². The third kappa shape index (κ3) is 4.33. The molecule has 0 spiro atoms. The molecule has 28 heavy (non-hydrogen) atoms. The SMILES string of the molecule is [O]c1ccccc1-c1cccc(Oc2ccc(OC(F)(F)C(F)(F)F)cc2)c1. The number of hydrogen-bond donors (Lipinski definition) is 0. The van der Waals surface area contributed by atoms with Gasteiger partial charge in [-0.15, -0.1) is 0 Å². The topological polar surface area (TPSA) is 38.4 Å². The van der Waals surface area contributed by atoms with Crippen molar-refractivity contribution in [1.29, 1.82) is 0 Å².